The van der Waals surface area contributed by atoms with Crippen LogP contribution in [0.15, 0.2) is 127 Å². The number of hydrogen-bond donors (Lipinski definition) is 12. The zero-order chi connectivity index (χ0) is 75.3. The molecule has 564 valence electrons. The van der Waals surface area contributed by atoms with E-state index in [1.54, 1.807) is 48.5 Å². The molecule has 31 heteroatoms. The summed E-state index contributed by atoms with van der Waals surface area (Å²) in [6.07, 6.45) is -13.6. The Kier molecular flexibility index (Phi) is 33.3. The van der Waals surface area contributed by atoms with E-state index in [0.717, 1.165) is 48.2 Å². The lowest BCUT2D eigenvalue weighted by Gasteiger charge is -2.47. The Balaban J connectivity index is 0.853. The first-order chi connectivity index (χ1) is 49.9. The van der Waals surface area contributed by atoms with Gasteiger partial charge in [0.15, 0.2) is 5.12 Å². The SMILES string of the molecule is COC(=O)[C@@]1(OCCCSCCNC(=O)c2ccc(C(=O)NCCSCCCO[C@]3(C(=O)OC)C[C@H](O)[C@@H](NC(C)=O)[C@H](C(O)[C@H](O)CNC(=O)c4ccc(-c5ccccc5)cc4)O3)c(OCCCSC(C)=O)c2)C[C@H](O)[C@@H](NC(C)=O)[C@H](C(O)[C@H](O)CNC(=O)c2ccc(-c3ccccc3)cc2)O1. The van der Waals surface area contributed by atoms with Crippen LogP contribution in [-0.2, 0) is 52.4 Å². The number of carbonyl (C=O) groups excluding carboxylic acids is 9. The van der Waals surface area contributed by atoms with Crippen LogP contribution < -0.4 is 36.6 Å². The third-order valence-electron chi connectivity index (χ3n) is 16.7. The first-order valence-electron chi connectivity index (χ1n) is 33.8. The molecule has 0 radical (unpaired) electrons. The predicted octanol–water partition coefficient (Wildman–Crippen LogP) is 3.16. The van der Waals surface area contributed by atoms with E-state index in [4.69, 9.17) is 33.2 Å². The number of rotatable bonds is 39. The van der Waals surface area contributed by atoms with Crippen molar-refractivity contribution in [1.82, 2.24) is 31.9 Å². The van der Waals surface area contributed by atoms with E-state index in [0.29, 0.717) is 48.0 Å². The molecule has 28 nitrogen and oxygen atoms in total. The van der Waals surface area contributed by atoms with E-state index < -0.39 is 146 Å². The number of benzene rings is 5. The van der Waals surface area contributed by atoms with E-state index in [9.17, 15) is 73.8 Å². The Morgan fingerprint density at radius 2 is 0.885 bits per heavy atom. The number of nitrogens with one attached hydrogen (secondary N) is 6. The summed E-state index contributed by atoms with van der Waals surface area (Å²) in [5.41, 5.74) is 4.55. The second kappa shape index (κ2) is 41.6. The summed E-state index contributed by atoms with van der Waals surface area (Å²) in [5, 5.41) is 83.9. The van der Waals surface area contributed by atoms with Gasteiger partial charge in [0, 0.05) is 93.7 Å². The Bertz CT molecular complexity index is 3650. The maximum atomic E-state index is 13.7. The Morgan fingerprint density at radius 1 is 0.490 bits per heavy atom. The highest BCUT2D eigenvalue weighted by atomic mass is 32.2. The van der Waals surface area contributed by atoms with Gasteiger partial charge in [0.1, 0.15) is 30.2 Å². The molecule has 2 saturated heterocycles. The summed E-state index contributed by atoms with van der Waals surface area (Å²) < 4.78 is 40.3. The number of methoxy groups -OCH3 is 2. The normalized spacial score (nSPS) is 21.1. The van der Waals surface area contributed by atoms with E-state index in [1.807, 2.05) is 60.7 Å². The van der Waals surface area contributed by atoms with Gasteiger partial charge in [-0.05, 0) is 95.5 Å². The Hall–Kier alpha value is -8.02. The summed E-state index contributed by atoms with van der Waals surface area (Å²) in [5.74, 6) is -7.67. The lowest BCUT2D eigenvalue weighted by Crippen LogP contribution is -2.68. The fraction of sp³-hybridized carbons (Fsp3) is 0.466. The minimum Gasteiger partial charge on any atom is -0.493 e. The van der Waals surface area contributed by atoms with E-state index in [-0.39, 0.29) is 66.0 Å². The van der Waals surface area contributed by atoms with Crippen molar-refractivity contribution in [3.05, 3.63) is 150 Å². The lowest BCUT2D eigenvalue weighted by atomic mass is 9.88. The molecule has 0 saturated carbocycles. The summed E-state index contributed by atoms with van der Waals surface area (Å²) in [6, 6.07) is 34.3. The fourth-order valence-electron chi connectivity index (χ4n) is 11.5. The number of esters is 2. The zero-order valence-corrected chi connectivity index (χ0v) is 60.8. The summed E-state index contributed by atoms with van der Waals surface area (Å²) in [4.78, 5) is 116. The van der Waals surface area contributed by atoms with Crippen molar-refractivity contribution < 1.29 is 107 Å². The van der Waals surface area contributed by atoms with Crippen LogP contribution in [0.5, 0.6) is 5.75 Å². The van der Waals surface area contributed by atoms with Crippen molar-refractivity contribution in [2.75, 3.05) is 89.0 Å². The number of amides is 6. The topological polar surface area (TPSA) is 412 Å². The number of aliphatic hydroxyl groups excluding tert-OH is 6. The van der Waals surface area contributed by atoms with Crippen LogP contribution in [0.1, 0.15) is 94.3 Å². The molecule has 5 aromatic rings. The van der Waals surface area contributed by atoms with Crippen LogP contribution in [0.3, 0.4) is 0 Å². The zero-order valence-electron chi connectivity index (χ0n) is 58.4. The van der Waals surface area contributed by atoms with Crippen molar-refractivity contribution in [2.24, 2.45) is 0 Å². The molecule has 0 spiro atoms. The van der Waals surface area contributed by atoms with Gasteiger partial charge in [-0.25, -0.2) is 9.59 Å². The van der Waals surface area contributed by atoms with Crippen molar-refractivity contribution in [2.45, 2.75) is 125 Å². The molecule has 2 aliphatic heterocycles. The molecular weight excluding hydrogens is 1410 g/mol. The van der Waals surface area contributed by atoms with Crippen LogP contribution in [0.2, 0.25) is 0 Å². The first kappa shape index (κ1) is 83.3. The Morgan fingerprint density at radius 3 is 1.30 bits per heavy atom. The minimum absolute atomic E-state index is 0.0696. The second-order valence-corrected chi connectivity index (χ2v) is 28.2. The van der Waals surface area contributed by atoms with Crippen molar-refractivity contribution in [3.63, 3.8) is 0 Å². The molecule has 2 aliphatic rings. The van der Waals surface area contributed by atoms with Gasteiger partial charge in [0.25, 0.3) is 35.2 Å². The third-order valence-corrected chi connectivity index (χ3v) is 19.8. The quantitative estimate of drug-likeness (QED) is 0.0199. The summed E-state index contributed by atoms with van der Waals surface area (Å²) in [6.45, 7) is 3.09. The molecule has 2 heterocycles. The molecule has 7 rings (SSSR count). The van der Waals surface area contributed by atoms with Gasteiger partial charge in [0.2, 0.25) is 11.8 Å². The monoisotopic (exact) mass is 1500 g/mol. The van der Waals surface area contributed by atoms with Gasteiger partial charge < -0.3 is 95.7 Å². The van der Waals surface area contributed by atoms with Crippen LogP contribution in [0.25, 0.3) is 22.3 Å². The van der Waals surface area contributed by atoms with Crippen LogP contribution in [0.4, 0.5) is 0 Å². The number of thioether (sulfide) groups is 3. The van der Waals surface area contributed by atoms with Gasteiger partial charge >= 0.3 is 11.9 Å². The highest BCUT2D eigenvalue weighted by molar-refractivity contribution is 8.13. The first-order valence-corrected chi connectivity index (χ1v) is 37.1. The van der Waals surface area contributed by atoms with E-state index >= 15 is 0 Å². The van der Waals surface area contributed by atoms with Crippen LogP contribution in [-0.4, -0.2) is 245 Å². The molecular formula is C73H92N6O22S3. The molecule has 6 amide bonds. The third kappa shape index (κ3) is 24.3. The number of ether oxygens (including phenoxy) is 7. The smallest absolute Gasteiger partial charge is 0.366 e. The molecule has 0 aliphatic carbocycles. The van der Waals surface area contributed by atoms with Gasteiger partial charge in [-0.15, -0.1) is 0 Å². The molecule has 2 fully saturated rings. The van der Waals surface area contributed by atoms with Gasteiger partial charge in [-0.2, -0.15) is 23.5 Å². The van der Waals surface area contributed by atoms with Gasteiger partial charge in [-0.3, -0.25) is 33.6 Å². The van der Waals surface area contributed by atoms with Crippen molar-refractivity contribution in [1.29, 1.82) is 0 Å². The number of aliphatic hydroxyl groups is 6. The molecule has 2 unspecified atom stereocenters. The lowest BCUT2D eigenvalue weighted by molar-refractivity contribution is -0.311. The molecule has 104 heavy (non-hydrogen) atoms. The van der Waals surface area contributed by atoms with Crippen molar-refractivity contribution >= 4 is 87.8 Å². The number of carbonyl (C=O) groups is 9. The minimum atomic E-state index is -2.29. The summed E-state index contributed by atoms with van der Waals surface area (Å²) in [7, 11) is 2.15. The van der Waals surface area contributed by atoms with Gasteiger partial charge in [-0.1, -0.05) is 96.7 Å². The Labute approximate surface area is 615 Å². The maximum absolute atomic E-state index is 13.7. The van der Waals surface area contributed by atoms with E-state index in [1.165, 1.54) is 62.5 Å². The highest BCUT2D eigenvalue weighted by Crippen LogP contribution is 2.37. The molecule has 5 aromatic carbocycles. The van der Waals surface area contributed by atoms with Gasteiger partial charge in [0.05, 0.1) is 76.1 Å². The standard InChI is InChI=1S/C73H92N6O22S3/c1-44(80)78-60-55(83)40-72(70(93)95-4,100-64(60)62(87)57(85)42-76-66(89)51-23-19-49(20-24-51)47-15-8-6-9-16-47)98-32-13-34-102-37-29-74-68(91)53-27-28-54(59(39-53)97-31-12-36-104-46(3)82)69(92)75-30-38-103-35-14-33-99-73(71(94)96-5)41-56(84)61(79-45(2)81)65(101-73)63(88)58(86)43-77-67(90)52-25-21-50(22-26-52)48-17-10-7-11-18-48/h6-11,15-28,39,55-58,60-65,83-88H,12-14,29-38,40-43H2,1-5H3,(H,74,91)(H,75,92)(H,76,89)(H,77,90)(H,78,80)(H,79,81)/t55-,56-,57+,58+,60+,61+,62?,63?,64+,65+,72+,73+/m0/s1. The molecule has 0 aromatic heterocycles. The maximum Gasteiger partial charge on any atom is 0.366 e. The molecule has 12 atom stereocenters. The summed E-state index contributed by atoms with van der Waals surface area (Å²) >= 11 is 3.98. The predicted molar refractivity (Wildman–Crippen MR) is 388 cm³/mol. The fourth-order valence-corrected chi connectivity index (χ4v) is 13.6. The highest BCUT2D eigenvalue weighted by Gasteiger charge is 2.58. The largest absolute Gasteiger partial charge is 0.493 e. The average molecular weight is 1500 g/mol. The van der Waals surface area contributed by atoms with Crippen LogP contribution >= 0.6 is 35.3 Å². The average Bonchev–Trinajstić information content (AvgIpc) is 0.772. The second-order valence-electron chi connectivity index (χ2n) is 24.5. The molecule has 0 bridgehead atoms. The van der Waals surface area contributed by atoms with Crippen molar-refractivity contribution in [3.8, 4) is 28.0 Å². The van der Waals surface area contributed by atoms with Crippen LogP contribution in [0, 0.1) is 0 Å². The number of hydrogen-bond acceptors (Lipinski definition) is 25. The van der Waals surface area contributed by atoms with E-state index in [2.05, 4.69) is 31.9 Å². The molecule has 12 N–H and O–H groups in total.